The van der Waals surface area contributed by atoms with Crippen LogP contribution in [-0.4, -0.2) is 57.8 Å². The molecule has 0 unspecified atom stereocenters. The first-order chi connectivity index (χ1) is 16.5. The zero-order chi connectivity index (χ0) is 25.4. The van der Waals surface area contributed by atoms with Crippen molar-refractivity contribution >= 4 is 45.1 Å². The van der Waals surface area contributed by atoms with Crippen LogP contribution < -0.4 is 10.6 Å². The first-order valence-electron chi connectivity index (χ1n) is 11.9. The molecule has 11 heteroatoms. The molecule has 0 spiro atoms. The molecule has 5 rings (SSSR count). The van der Waals surface area contributed by atoms with Crippen molar-refractivity contribution in [2.24, 2.45) is 23.2 Å². The predicted molar refractivity (Wildman–Crippen MR) is 130 cm³/mol. The number of anilines is 1. The summed E-state index contributed by atoms with van der Waals surface area (Å²) in [6.07, 6.45) is 7.67. The van der Waals surface area contributed by atoms with Gasteiger partial charge >= 0.3 is 5.97 Å². The van der Waals surface area contributed by atoms with Crippen LogP contribution in [0.5, 0.6) is 0 Å². The zero-order valence-corrected chi connectivity index (χ0v) is 21.6. The maximum absolute atomic E-state index is 12.5. The number of esters is 1. The standard InChI is InChI=1S/C24H32ClN3O6S/c1-28(2)35(32,33)18-3-4-19(25)20(8-18)27-22(30)14-34-23(31)13-26-21(29)12-24-9-15-5-16(10-24)7-17(6-15)11-24/h3-4,8,15-17H,5-7,9-14H2,1-2H3,(H,26,29)(H,27,30). The van der Waals surface area contributed by atoms with E-state index >= 15 is 0 Å². The molecule has 9 nitrogen and oxygen atoms in total. The van der Waals surface area contributed by atoms with Crippen molar-refractivity contribution in [1.29, 1.82) is 0 Å². The van der Waals surface area contributed by atoms with Crippen molar-refractivity contribution in [2.75, 3.05) is 32.6 Å². The smallest absolute Gasteiger partial charge is 0.325 e. The van der Waals surface area contributed by atoms with Crippen molar-refractivity contribution in [3.63, 3.8) is 0 Å². The molecule has 4 fully saturated rings. The number of rotatable bonds is 9. The number of benzene rings is 1. The second-order valence-electron chi connectivity index (χ2n) is 10.5. The molecule has 2 N–H and O–H groups in total. The lowest BCUT2D eigenvalue weighted by molar-refractivity contribution is -0.147. The van der Waals surface area contributed by atoms with Gasteiger partial charge in [0, 0.05) is 20.5 Å². The number of nitrogens with one attached hydrogen (secondary N) is 2. The first kappa shape index (κ1) is 25.9. The number of amides is 2. The van der Waals surface area contributed by atoms with Crippen LogP contribution in [0.15, 0.2) is 23.1 Å². The molecule has 1 aromatic carbocycles. The Bertz CT molecular complexity index is 1080. The van der Waals surface area contributed by atoms with Crippen LogP contribution >= 0.6 is 11.6 Å². The maximum Gasteiger partial charge on any atom is 0.325 e. The average molecular weight is 526 g/mol. The lowest BCUT2D eigenvalue weighted by Crippen LogP contribution is -2.48. The van der Waals surface area contributed by atoms with E-state index in [9.17, 15) is 22.8 Å². The Kier molecular flexibility index (Phi) is 7.45. The van der Waals surface area contributed by atoms with Gasteiger partial charge in [0.15, 0.2) is 6.61 Å². The molecule has 4 aliphatic rings. The molecular formula is C24H32ClN3O6S. The summed E-state index contributed by atoms with van der Waals surface area (Å²) < 4.78 is 30.6. The van der Waals surface area contributed by atoms with Crippen LogP contribution in [0.2, 0.25) is 5.02 Å². The summed E-state index contributed by atoms with van der Waals surface area (Å²) in [6, 6.07) is 3.93. The minimum absolute atomic E-state index is 0.0408. The fourth-order valence-electron chi connectivity index (χ4n) is 6.44. The zero-order valence-electron chi connectivity index (χ0n) is 20.0. The number of carbonyl (C=O) groups is 3. The van der Waals surface area contributed by atoms with Crippen LogP contribution in [0.3, 0.4) is 0 Å². The third-order valence-corrected chi connectivity index (χ3v) is 9.63. The molecule has 192 valence electrons. The second-order valence-corrected chi connectivity index (χ2v) is 13.1. The molecule has 0 heterocycles. The number of ether oxygens (including phenoxy) is 1. The summed E-state index contributed by atoms with van der Waals surface area (Å²) in [5.41, 5.74) is 0.163. The Hall–Kier alpha value is -2.17. The highest BCUT2D eigenvalue weighted by atomic mass is 35.5. The number of sulfonamides is 1. The first-order valence-corrected chi connectivity index (χ1v) is 13.7. The molecule has 2 amide bonds. The minimum atomic E-state index is -3.71. The highest BCUT2D eigenvalue weighted by Gasteiger charge is 2.51. The minimum Gasteiger partial charge on any atom is -0.454 e. The summed E-state index contributed by atoms with van der Waals surface area (Å²) in [5.74, 6) is 0.673. The van der Waals surface area contributed by atoms with Crippen LogP contribution in [0, 0.1) is 23.2 Å². The van der Waals surface area contributed by atoms with E-state index in [-0.39, 0.29) is 33.5 Å². The molecule has 4 bridgehead atoms. The predicted octanol–water partition coefficient (Wildman–Crippen LogP) is 2.79. The Morgan fingerprint density at radius 2 is 1.66 bits per heavy atom. The Morgan fingerprint density at radius 1 is 1.06 bits per heavy atom. The second kappa shape index (κ2) is 10.1. The Morgan fingerprint density at radius 3 is 2.23 bits per heavy atom. The molecule has 1 aromatic rings. The van der Waals surface area contributed by atoms with Crippen molar-refractivity contribution in [3.05, 3.63) is 23.2 Å². The van der Waals surface area contributed by atoms with Gasteiger partial charge in [0.1, 0.15) is 6.54 Å². The molecule has 4 saturated carbocycles. The van der Waals surface area contributed by atoms with Crippen molar-refractivity contribution < 1.29 is 27.5 Å². The van der Waals surface area contributed by atoms with Crippen molar-refractivity contribution in [2.45, 2.75) is 49.8 Å². The third-order valence-electron chi connectivity index (χ3n) is 7.49. The normalized spacial score (nSPS) is 27.0. The number of hydrogen-bond donors (Lipinski definition) is 2. The number of hydrogen-bond acceptors (Lipinski definition) is 6. The lowest BCUT2D eigenvalue weighted by atomic mass is 9.49. The van der Waals surface area contributed by atoms with E-state index in [1.165, 1.54) is 51.6 Å². The molecule has 35 heavy (non-hydrogen) atoms. The summed E-state index contributed by atoms with van der Waals surface area (Å²) in [6.45, 7) is -0.902. The van der Waals surface area contributed by atoms with Gasteiger partial charge in [0.25, 0.3) is 5.91 Å². The Labute approximate surface area is 211 Å². The molecule has 0 saturated heterocycles. The van der Waals surface area contributed by atoms with Gasteiger partial charge in [-0.05, 0) is 79.9 Å². The molecule has 0 aliphatic heterocycles. The van der Waals surface area contributed by atoms with Crippen LogP contribution in [0.1, 0.15) is 44.9 Å². The summed E-state index contributed by atoms with van der Waals surface area (Å²) in [4.78, 5) is 36.8. The fourth-order valence-corrected chi connectivity index (χ4v) is 7.53. The third kappa shape index (κ3) is 5.98. The van der Waals surface area contributed by atoms with E-state index in [2.05, 4.69) is 10.6 Å². The topological polar surface area (TPSA) is 122 Å². The Balaban J connectivity index is 1.22. The van der Waals surface area contributed by atoms with Gasteiger partial charge in [0.05, 0.1) is 15.6 Å². The van der Waals surface area contributed by atoms with Gasteiger partial charge in [-0.2, -0.15) is 0 Å². The molecule has 0 aromatic heterocycles. The van der Waals surface area contributed by atoms with Gasteiger partial charge in [-0.1, -0.05) is 11.6 Å². The molecular weight excluding hydrogens is 494 g/mol. The monoisotopic (exact) mass is 525 g/mol. The largest absolute Gasteiger partial charge is 0.454 e. The molecule has 4 aliphatic carbocycles. The van der Waals surface area contributed by atoms with Crippen LogP contribution in [0.4, 0.5) is 5.69 Å². The highest BCUT2D eigenvalue weighted by molar-refractivity contribution is 7.89. The van der Waals surface area contributed by atoms with E-state index in [0.717, 1.165) is 41.3 Å². The quantitative estimate of drug-likeness (QED) is 0.478. The van der Waals surface area contributed by atoms with E-state index in [0.29, 0.717) is 6.42 Å². The van der Waals surface area contributed by atoms with Crippen molar-refractivity contribution in [3.8, 4) is 0 Å². The van der Waals surface area contributed by atoms with Gasteiger partial charge in [0.2, 0.25) is 15.9 Å². The van der Waals surface area contributed by atoms with Gasteiger partial charge in [-0.25, -0.2) is 12.7 Å². The van der Waals surface area contributed by atoms with Crippen LogP contribution in [-0.2, 0) is 29.1 Å². The van der Waals surface area contributed by atoms with E-state index in [4.69, 9.17) is 16.3 Å². The van der Waals surface area contributed by atoms with Gasteiger partial charge in [-0.15, -0.1) is 0 Å². The number of carbonyl (C=O) groups excluding carboxylic acids is 3. The van der Waals surface area contributed by atoms with E-state index < -0.39 is 28.5 Å². The van der Waals surface area contributed by atoms with Crippen molar-refractivity contribution in [1.82, 2.24) is 9.62 Å². The van der Waals surface area contributed by atoms with Gasteiger partial charge < -0.3 is 15.4 Å². The van der Waals surface area contributed by atoms with Crippen LogP contribution in [0.25, 0.3) is 0 Å². The summed E-state index contributed by atoms with van der Waals surface area (Å²) in [5, 5.41) is 5.22. The molecule has 0 atom stereocenters. The fraction of sp³-hybridized carbons (Fsp3) is 0.625. The maximum atomic E-state index is 12.5. The summed E-state index contributed by atoms with van der Waals surface area (Å²) in [7, 11) is -0.928. The lowest BCUT2D eigenvalue weighted by Gasteiger charge is -2.56. The summed E-state index contributed by atoms with van der Waals surface area (Å²) >= 11 is 6.07. The van der Waals surface area contributed by atoms with E-state index in [1.807, 2.05) is 0 Å². The highest BCUT2D eigenvalue weighted by Crippen LogP contribution is 2.61. The number of nitrogens with zero attached hydrogens (tertiary/aromatic N) is 1. The van der Waals surface area contributed by atoms with E-state index in [1.54, 1.807) is 0 Å². The average Bonchev–Trinajstić information content (AvgIpc) is 2.76. The SMILES string of the molecule is CN(C)S(=O)(=O)c1ccc(Cl)c(NC(=O)COC(=O)CNC(=O)CC23CC4CC(CC(C4)C2)C3)c1. The number of halogens is 1. The molecule has 0 radical (unpaired) electrons. The van der Waals surface area contributed by atoms with Gasteiger partial charge in [-0.3, -0.25) is 14.4 Å².